The standard InChI is InChI=1S/C10H14O2Si.C7H19NO2Si.C6H14O2Si.C5H12O2Si.C4H12OSi/c1-4-13(11-2,12-3)10-8-6-5-7-9-10;1-5-6-7(8-2)11(9-3)10-4;1-5-6-9(4,7-2)8-3;1-5-8(4,6-2)7-3;1-4(2,3)5-6/h4-9H,1H2,2-3H3;7-8,11H,5-6H2,1-4H3;5H,1,6H2,2-4H3;5H,1H2,2-4H3;1-3,6H3. The van der Waals surface area contributed by atoms with E-state index in [-0.39, 0.29) is 5.60 Å². The number of benzene rings is 1. The van der Waals surface area contributed by atoms with E-state index in [4.69, 9.17) is 39.8 Å². The van der Waals surface area contributed by atoms with Crippen LogP contribution in [-0.2, 0) is 39.8 Å². The van der Waals surface area contributed by atoms with Gasteiger partial charge in [0.1, 0.15) is 10.5 Å². The molecular formula is C32H71NO9Si5. The quantitative estimate of drug-likeness (QED) is 0.182. The summed E-state index contributed by atoms with van der Waals surface area (Å²) in [5, 5.41) is 4.30. The highest BCUT2D eigenvalue weighted by Gasteiger charge is 2.34. The van der Waals surface area contributed by atoms with Crippen molar-refractivity contribution in [3.8, 4) is 0 Å². The Morgan fingerprint density at radius 1 is 0.809 bits per heavy atom. The van der Waals surface area contributed by atoms with Gasteiger partial charge in [-0.05, 0) is 63.9 Å². The molecule has 1 N–H and O–H groups in total. The van der Waals surface area contributed by atoms with Crippen molar-refractivity contribution in [2.75, 3.05) is 63.9 Å². The molecule has 1 aromatic rings. The summed E-state index contributed by atoms with van der Waals surface area (Å²) in [6, 6.07) is 10.8. The van der Waals surface area contributed by atoms with Gasteiger partial charge in [-0.15, -0.1) is 19.7 Å². The Morgan fingerprint density at radius 2 is 1.26 bits per heavy atom. The van der Waals surface area contributed by atoms with Gasteiger partial charge in [-0.1, -0.05) is 49.8 Å². The fourth-order valence-electron chi connectivity index (χ4n) is 3.19. The van der Waals surface area contributed by atoms with Gasteiger partial charge in [0.05, 0.1) is 0 Å². The second kappa shape index (κ2) is 31.1. The largest absolute Gasteiger partial charge is 0.423 e. The van der Waals surface area contributed by atoms with Crippen LogP contribution in [0.2, 0.25) is 19.1 Å². The number of hydrogen-bond acceptors (Lipinski definition) is 10. The minimum absolute atomic E-state index is 0.103. The second-order valence-corrected chi connectivity index (χ2v) is 23.9. The normalized spacial score (nSPS) is 12.1. The van der Waals surface area contributed by atoms with Crippen LogP contribution in [0.1, 0.15) is 40.5 Å². The van der Waals surface area contributed by atoms with Crippen LogP contribution in [0.5, 0.6) is 0 Å². The van der Waals surface area contributed by atoms with Gasteiger partial charge in [0.25, 0.3) is 0 Å². The van der Waals surface area contributed by atoms with E-state index in [9.17, 15) is 0 Å². The zero-order valence-electron chi connectivity index (χ0n) is 32.7. The van der Waals surface area contributed by atoms with Gasteiger partial charge in [0.15, 0.2) is 0 Å². The van der Waals surface area contributed by atoms with E-state index < -0.39 is 35.0 Å². The van der Waals surface area contributed by atoms with E-state index in [0.717, 1.165) is 28.1 Å². The Hall–Kier alpha value is -0.876. The summed E-state index contributed by atoms with van der Waals surface area (Å²) in [7, 11) is 8.71. The van der Waals surface area contributed by atoms with Gasteiger partial charge >= 0.3 is 35.0 Å². The van der Waals surface area contributed by atoms with Crippen molar-refractivity contribution in [1.29, 1.82) is 0 Å². The molecule has 0 aliphatic rings. The lowest BCUT2D eigenvalue weighted by atomic mass is 10.2. The van der Waals surface area contributed by atoms with Crippen LogP contribution in [0.25, 0.3) is 0 Å². The SMILES string of the molecule is C=CC[Si](C)(OC)OC.C=C[Si](C)(OC)OC.C=C[Si](OC)(OC)c1ccccc1.CC(C)(C)O[SiH3].CCCC(NC)[SiH](OC)OC. The fraction of sp³-hybridized carbons (Fsp3) is 0.625. The van der Waals surface area contributed by atoms with Crippen molar-refractivity contribution in [1.82, 2.24) is 5.32 Å². The first kappa shape index (κ1) is 52.9. The van der Waals surface area contributed by atoms with Crippen LogP contribution in [0.3, 0.4) is 0 Å². The number of nitrogens with one attached hydrogen (secondary N) is 1. The number of hydrogen-bond donors (Lipinski definition) is 1. The summed E-state index contributed by atoms with van der Waals surface area (Å²) in [6.45, 7) is 23.2. The zero-order chi connectivity index (χ0) is 37.6. The first-order valence-corrected chi connectivity index (χ1v) is 24.8. The molecule has 15 heteroatoms. The number of allylic oxidation sites excluding steroid dienone is 1. The molecule has 0 spiro atoms. The maximum atomic E-state index is 5.42. The van der Waals surface area contributed by atoms with Crippen molar-refractivity contribution < 1.29 is 39.8 Å². The van der Waals surface area contributed by atoms with Crippen molar-refractivity contribution in [3.05, 3.63) is 67.5 Å². The molecule has 0 aromatic heterocycles. The topological polar surface area (TPSA) is 95.1 Å². The first-order valence-electron chi connectivity index (χ1n) is 15.5. The van der Waals surface area contributed by atoms with Crippen LogP contribution >= 0.6 is 0 Å². The first-order chi connectivity index (χ1) is 22.0. The lowest BCUT2D eigenvalue weighted by Gasteiger charge is -2.23. The zero-order valence-corrected chi connectivity index (χ0v) is 38.8. The van der Waals surface area contributed by atoms with Crippen LogP contribution in [-0.4, -0.2) is 121 Å². The molecule has 0 saturated carbocycles. The maximum Gasteiger partial charge on any atom is 0.398 e. The molecule has 0 radical (unpaired) electrons. The summed E-state index contributed by atoms with van der Waals surface area (Å²) < 4.78 is 46.9. The summed E-state index contributed by atoms with van der Waals surface area (Å²) in [4.78, 5) is 0. The Morgan fingerprint density at radius 3 is 1.45 bits per heavy atom. The Kier molecular flexibility index (Phi) is 35.1. The Balaban J connectivity index is -0.000000252. The van der Waals surface area contributed by atoms with E-state index in [1.54, 1.807) is 68.3 Å². The van der Waals surface area contributed by atoms with E-state index in [1.165, 1.54) is 6.42 Å². The average Bonchev–Trinajstić information content (AvgIpc) is 3.10. The molecule has 0 saturated heterocycles. The van der Waals surface area contributed by atoms with Gasteiger partial charge in [-0.2, -0.15) is 0 Å². The molecule has 10 nitrogen and oxygen atoms in total. The molecule has 0 amide bonds. The third-order valence-electron chi connectivity index (χ3n) is 6.99. The molecule has 1 unspecified atom stereocenters. The smallest absolute Gasteiger partial charge is 0.398 e. The highest BCUT2D eigenvalue weighted by molar-refractivity contribution is 6.85. The maximum absolute atomic E-state index is 5.42. The summed E-state index contributed by atoms with van der Waals surface area (Å²) in [5.74, 6) is 0. The summed E-state index contributed by atoms with van der Waals surface area (Å²) in [5.41, 5.74) is 4.07. The lowest BCUT2D eigenvalue weighted by Crippen LogP contribution is -2.50. The van der Waals surface area contributed by atoms with Gasteiger partial charge in [-0.3, -0.25) is 0 Å². The monoisotopic (exact) mass is 753 g/mol. The third-order valence-corrected chi connectivity index (χ3v) is 18.5. The molecule has 0 aliphatic carbocycles. The van der Waals surface area contributed by atoms with Gasteiger partial charge in [0.2, 0.25) is 0 Å². The Labute approximate surface area is 297 Å². The van der Waals surface area contributed by atoms with Gasteiger partial charge in [0, 0.05) is 74.2 Å². The van der Waals surface area contributed by atoms with E-state index >= 15 is 0 Å². The number of rotatable bonds is 17. The van der Waals surface area contributed by atoms with Crippen molar-refractivity contribution >= 4 is 50.6 Å². The van der Waals surface area contributed by atoms with Gasteiger partial charge < -0.3 is 45.2 Å². The molecule has 1 atom stereocenters. The minimum atomic E-state index is -2.33. The van der Waals surface area contributed by atoms with E-state index in [1.807, 2.05) is 56.5 Å². The molecule has 47 heavy (non-hydrogen) atoms. The highest BCUT2D eigenvalue weighted by atomic mass is 28.4. The molecular weight excluding hydrogens is 683 g/mol. The molecule has 1 aromatic carbocycles. The predicted octanol–water partition coefficient (Wildman–Crippen LogP) is 4.48. The van der Waals surface area contributed by atoms with Crippen LogP contribution in [0.15, 0.2) is 67.5 Å². The second-order valence-electron chi connectivity index (χ2n) is 11.1. The average molecular weight is 754 g/mol. The molecule has 1 rings (SSSR count). The van der Waals surface area contributed by atoms with Crippen molar-refractivity contribution in [2.24, 2.45) is 0 Å². The van der Waals surface area contributed by atoms with Gasteiger partial charge in [-0.25, -0.2) is 0 Å². The molecule has 0 fully saturated rings. The predicted molar refractivity (Wildman–Crippen MR) is 212 cm³/mol. The summed E-state index contributed by atoms with van der Waals surface area (Å²) >= 11 is 0. The molecule has 0 aliphatic heterocycles. The minimum Gasteiger partial charge on any atom is -0.423 e. The van der Waals surface area contributed by atoms with Crippen molar-refractivity contribution in [2.45, 2.75) is 70.9 Å². The van der Waals surface area contributed by atoms with E-state index in [2.05, 4.69) is 52.7 Å². The molecule has 0 bridgehead atoms. The van der Waals surface area contributed by atoms with Crippen molar-refractivity contribution in [3.63, 3.8) is 0 Å². The van der Waals surface area contributed by atoms with Crippen LogP contribution < -0.4 is 10.5 Å². The third kappa shape index (κ3) is 25.7. The molecule has 278 valence electrons. The Bertz CT molecular complexity index is 864. The highest BCUT2D eigenvalue weighted by Crippen LogP contribution is 2.10. The summed E-state index contributed by atoms with van der Waals surface area (Å²) in [6.07, 6.45) is 4.13. The molecule has 0 heterocycles. The fourth-order valence-corrected chi connectivity index (χ4v) is 8.30. The van der Waals surface area contributed by atoms with Crippen LogP contribution in [0, 0.1) is 0 Å². The van der Waals surface area contributed by atoms with E-state index in [0.29, 0.717) is 5.67 Å². The lowest BCUT2D eigenvalue weighted by molar-refractivity contribution is 0.147. The van der Waals surface area contributed by atoms with Crippen LogP contribution in [0.4, 0.5) is 0 Å².